The second kappa shape index (κ2) is 10.9. The fourth-order valence-electron chi connectivity index (χ4n) is 2.82. The smallest absolute Gasteiger partial charge is 0.251 e. The minimum atomic E-state index is -0.143. The third-order valence-corrected chi connectivity index (χ3v) is 5.75. The molecular weight excluding hydrogens is 416 g/mol. The van der Waals surface area contributed by atoms with E-state index >= 15 is 0 Å². The van der Waals surface area contributed by atoms with Gasteiger partial charge in [-0.3, -0.25) is 9.59 Å². The summed E-state index contributed by atoms with van der Waals surface area (Å²) < 4.78 is 0. The lowest BCUT2D eigenvalue weighted by Crippen LogP contribution is -2.24. The molecule has 0 atom stereocenters. The zero-order valence-electron chi connectivity index (χ0n) is 16.7. The van der Waals surface area contributed by atoms with Crippen LogP contribution in [0.4, 0.5) is 0 Å². The van der Waals surface area contributed by atoms with Crippen LogP contribution in [0.25, 0.3) is 0 Å². The molecule has 0 fully saturated rings. The lowest BCUT2D eigenvalue weighted by molar-refractivity contribution is 0.0947. The summed E-state index contributed by atoms with van der Waals surface area (Å²) in [6, 6.07) is 22.6. The van der Waals surface area contributed by atoms with Crippen LogP contribution in [0.2, 0.25) is 5.02 Å². The first kappa shape index (κ1) is 21.9. The topological polar surface area (TPSA) is 58.2 Å². The van der Waals surface area contributed by atoms with Gasteiger partial charge in [0.1, 0.15) is 0 Å². The van der Waals surface area contributed by atoms with Crippen LogP contribution in [0.15, 0.2) is 77.7 Å². The Morgan fingerprint density at radius 2 is 1.53 bits per heavy atom. The third-order valence-electron chi connectivity index (χ3n) is 4.41. The number of benzene rings is 3. The highest BCUT2D eigenvalue weighted by molar-refractivity contribution is 7.98. The highest BCUT2D eigenvalue weighted by Gasteiger charge is 2.08. The summed E-state index contributed by atoms with van der Waals surface area (Å²) in [4.78, 5) is 25.5. The third kappa shape index (κ3) is 6.37. The fourth-order valence-corrected chi connectivity index (χ4v) is 3.80. The summed E-state index contributed by atoms with van der Waals surface area (Å²) in [5.41, 5.74) is 3.21. The number of thioether (sulfide) groups is 1. The summed E-state index contributed by atoms with van der Waals surface area (Å²) >= 11 is 7.63. The van der Waals surface area contributed by atoms with Gasteiger partial charge in [0, 0.05) is 39.9 Å². The number of hydrogen-bond acceptors (Lipinski definition) is 3. The molecule has 0 saturated heterocycles. The largest absolute Gasteiger partial charge is 0.352 e. The molecule has 0 aliphatic heterocycles. The molecule has 154 valence electrons. The molecule has 0 spiro atoms. The molecular formula is C24H23ClN2O2S. The Balaban J connectivity index is 1.52. The fraction of sp³-hybridized carbons (Fsp3) is 0.167. The zero-order chi connectivity index (χ0) is 21.3. The lowest BCUT2D eigenvalue weighted by Gasteiger charge is -2.08. The van der Waals surface area contributed by atoms with Crippen molar-refractivity contribution in [3.05, 3.63) is 100 Å². The molecule has 0 saturated carbocycles. The number of halogens is 1. The predicted octanol–water partition coefficient (Wildman–Crippen LogP) is 5.31. The molecule has 0 aliphatic carbocycles. The van der Waals surface area contributed by atoms with Gasteiger partial charge in [-0.25, -0.2) is 0 Å². The number of nitrogens with one attached hydrogen (secondary N) is 2. The molecule has 0 unspecified atom stereocenters. The van der Waals surface area contributed by atoms with Crippen molar-refractivity contribution in [1.82, 2.24) is 10.6 Å². The minimum absolute atomic E-state index is 0.113. The number of carbonyl (C=O) groups is 2. The van der Waals surface area contributed by atoms with Crippen molar-refractivity contribution in [2.45, 2.75) is 24.1 Å². The highest BCUT2D eigenvalue weighted by atomic mass is 35.5. The molecule has 2 amide bonds. The summed E-state index contributed by atoms with van der Waals surface area (Å²) in [6.07, 6.45) is 0. The van der Waals surface area contributed by atoms with Gasteiger partial charge in [0.2, 0.25) is 0 Å². The second-order valence-electron chi connectivity index (χ2n) is 6.68. The lowest BCUT2D eigenvalue weighted by atomic mass is 10.1. The quantitative estimate of drug-likeness (QED) is 0.468. The van der Waals surface area contributed by atoms with E-state index in [1.807, 2.05) is 67.6 Å². The van der Waals surface area contributed by atoms with Gasteiger partial charge in [-0.2, -0.15) is 0 Å². The molecule has 0 aromatic heterocycles. The maximum absolute atomic E-state index is 12.5. The molecule has 0 aliphatic rings. The van der Waals surface area contributed by atoms with Crippen molar-refractivity contribution < 1.29 is 9.59 Å². The summed E-state index contributed by atoms with van der Waals surface area (Å²) in [6.45, 7) is 2.82. The number of rotatable bonds is 8. The Labute approximate surface area is 186 Å². The van der Waals surface area contributed by atoms with Crippen LogP contribution < -0.4 is 10.6 Å². The number of amides is 2. The molecule has 3 aromatic carbocycles. The number of carbonyl (C=O) groups excluding carboxylic acids is 2. The van der Waals surface area contributed by atoms with Gasteiger partial charge in [0.05, 0.1) is 0 Å². The van der Waals surface area contributed by atoms with Crippen molar-refractivity contribution in [3.63, 3.8) is 0 Å². The first-order valence-electron chi connectivity index (χ1n) is 9.68. The van der Waals surface area contributed by atoms with Crippen molar-refractivity contribution in [2.24, 2.45) is 0 Å². The van der Waals surface area contributed by atoms with Crippen LogP contribution >= 0.6 is 23.4 Å². The first-order valence-corrected chi connectivity index (χ1v) is 11.0. The van der Waals surface area contributed by atoms with Gasteiger partial charge in [-0.1, -0.05) is 35.9 Å². The Kier molecular flexibility index (Phi) is 7.94. The van der Waals surface area contributed by atoms with Gasteiger partial charge >= 0.3 is 0 Å². The van der Waals surface area contributed by atoms with Gasteiger partial charge in [0.15, 0.2) is 0 Å². The standard InChI is InChI=1S/C24H23ClN2O2S/c1-2-26-24(29)20-5-3-4-18(14-20)15-27-23(28)19-8-6-17(7-9-19)16-30-22-12-10-21(25)11-13-22/h3-14H,2,15-16H2,1H3,(H,26,29)(H,27,28). The van der Waals surface area contributed by atoms with Crippen molar-refractivity contribution >= 4 is 35.2 Å². The van der Waals surface area contributed by atoms with Crippen LogP contribution in [0.5, 0.6) is 0 Å². The van der Waals surface area contributed by atoms with Crippen molar-refractivity contribution in [3.8, 4) is 0 Å². The van der Waals surface area contributed by atoms with E-state index in [-0.39, 0.29) is 11.8 Å². The van der Waals surface area contributed by atoms with Crippen molar-refractivity contribution in [1.29, 1.82) is 0 Å². The van der Waals surface area contributed by atoms with E-state index in [4.69, 9.17) is 11.6 Å². The van der Waals surface area contributed by atoms with Gasteiger partial charge in [-0.15, -0.1) is 11.8 Å². The molecule has 3 aromatic rings. The van der Waals surface area contributed by atoms with Crippen molar-refractivity contribution in [2.75, 3.05) is 6.54 Å². The SMILES string of the molecule is CCNC(=O)c1cccc(CNC(=O)c2ccc(CSc3ccc(Cl)cc3)cc2)c1. The summed E-state index contributed by atoms with van der Waals surface area (Å²) in [5.74, 6) is 0.559. The van der Waals surface area contributed by atoms with E-state index < -0.39 is 0 Å². The molecule has 0 bridgehead atoms. The normalized spacial score (nSPS) is 10.5. The molecule has 0 heterocycles. The predicted molar refractivity (Wildman–Crippen MR) is 123 cm³/mol. The van der Waals surface area contributed by atoms with Crippen LogP contribution in [0.1, 0.15) is 38.8 Å². The molecule has 4 nitrogen and oxygen atoms in total. The van der Waals surface area contributed by atoms with E-state index in [2.05, 4.69) is 10.6 Å². The molecule has 0 radical (unpaired) electrons. The average molecular weight is 439 g/mol. The maximum Gasteiger partial charge on any atom is 0.251 e. The van der Waals surface area contributed by atoms with E-state index in [1.165, 1.54) is 0 Å². The van der Waals surface area contributed by atoms with E-state index in [0.717, 1.165) is 26.8 Å². The van der Waals surface area contributed by atoms with E-state index in [1.54, 1.807) is 23.9 Å². The monoisotopic (exact) mass is 438 g/mol. The summed E-state index contributed by atoms with van der Waals surface area (Å²) in [5, 5.41) is 6.41. The Morgan fingerprint density at radius 3 is 2.23 bits per heavy atom. The highest BCUT2D eigenvalue weighted by Crippen LogP contribution is 2.24. The Hall–Kier alpha value is -2.76. The molecule has 6 heteroatoms. The maximum atomic E-state index is 12.5. The summed E-state index contributed by atoms with van der Waals surface area (Å²) in [7, 11) is 0. The average Bonchev–Trinajstić information content (AvgIpc) is 2.78. The van der Waals surface area contributed by atoms with E-state index in [9.17, 15) is 9.59 Å². The zero-order valence-corrected chi connectivity index (χ0v) is 18.2. The second-order valence-corrected chi connectivity index (χ2v) is 8.17. The van der Waals surface area contributed by atoms with Gasteiger partial charge in [0.25, 0.3) is 11.8 Å². The number of hydrogen-bond donors (Lipinski definition) is 2. The molecule has 2 N–H and O–H groups in total. The molecule has 3 rings (SSSR count). The van der Waals surface area contributed by atoms with Gasteiger partial charge < -0.3 is 10.6 Å². The van der Waals surface area contributed by atoms with Crippen LogP contribution in [0, 0.1) is 0 Å². The van der Waals surface area contributed by atoms with E-state index in [0.29, 0.717) is 24.2 Å². The van der Waals surface area contributed by atoms with Crippen LogP contribution in [0.3, 0.4) is 0 Å². The van der Waals surface area contributed by atoms with Crippen LogP contribution in [-0.2, 0) is 12.3 Å². The Morgan fingerprint density at radius 1 is 0.833 bits per heavy atom. The van der Waals surface area contributed by atoms with Gasteiger partial charge in [-0.05, 0) is 66.6 Å². The Bertz CT molecular complexity index is 1000. The first-order chi connectivity index (χ1) is 14.5. The minimum Gasteiger partial charge on any atom is -0.352 e. The van der Waals surface area contributed by atoms with Crippen LogP contribution in [-0.4, -0.2) is 18.4 Å². The molecule has 30 heavy (non-hydrogen) atoms.